The maximum absolute atomic E-state index is 10.9. The number of hydrogen-bond donors (Lipinski definition) is 0. The highest BCUT2D eigenvalue weighted by atomic mass is 35.5. The van der Waals surface area contributed by atoms with E-state index >= 15 is 0 Å². The lowest BCUT2D eigenvalue weighted by molar-refractivity contribution is -0.384. The average Bonchev–Trinajstić information content (AvgIpc) is 3.10. The molecule has 1 heterocycles. The molecule has 25 heavy (non-hydrogen) atoms. The van der Waals surface area contributed by atoms with E-state index in [0.29, 0.717) is 16.6 Å². The van der Waals surface area contributed by atoms with Gasteiger partial charge in [-0.2, -0.15) is 0 Å². The third-order valence-corrected chi connectivity index (χ3v) is 5.55. The first-order chi connectivity index (χ1) is 12.0. The lowest BCUT2D eigenvalue weighted by Crippen LogP contribution is -2.05. The molecule has 1 atom stereocenters. The molecule has 3 aromatic rings. The summed E-state index contributed by atoms with van der Waals surface area (Å²) in [5.41, 5.74) is 1.04. The molecule has 8 heteroatoms. The van der Waals surface area contributed by atoms with Crippen LogP contribution < -0.4 is 0 Å². The van der Waals surface area contributed by atoms with E-state index in [1.807, 2.05) is 16.8 Å². The third-order valence-electron chi connectivity index (χ3n) is 3.57. The zero-order valence-electron chi connectivity index (χ0n) is 12.9. The van der Waals surface area contributed by atoms with Crippen LogP contribution in [0.4, 0.5) is 5.69 Å². The Morgan fingerprint density at radius 1 is 1.20 bits per heavy atom. The number of nitro groups is 1. The Balaban J connectivity index is 1.90. The van der Waals surface area contributed by atoms with Gasteiger partial charge in [0.2, 0.25) is 0 Å². The summed E-state index contributed by atoms with van der Waals surface area (Å²) in [7, 11) is 0. The number of hydrogen-bond acceptors (Lipinski definition) is 4. The van der Waals surface area contributed by atoms with Crippen LogP contribution in [0.1, 0.15) is 10.8 Å². The first-order valence-electron chi connectivity index (χ1n) is 7.35. The number of nitro benzene ring substituents is 1. The molecule has 0 amide bonds. The normalized spacial score (nSPS) is 12.1. The fourth-order valence-electron chi connectivity index (χ4n) is 2.33. The van der Waals surface area contributed by atoms with Crippen LogP contribution in [0.25, 0.3) is 0 Å². The highest BCUT2D eigenvalue weighted by Crippen LogP contribution is 2.41. The number of imidazole rings is 1. The number of nitrogens with zero attached hydrogens (tertiary/aromatic N) is 3. The molecule has 0 saturated heterocycles. The lowest BCUT2D eigenvalue weighted by Gasteiger charge is -2.18. The summed E-state index contributed by atoms with van der Waals surface area (Å²) in [6.07, 6.45) is 5.33. The summed E-state index contributed by atoms with van der Waals surface area (Å²) in [6, 6.07) is 11.9. The molecule has 5 nitrogen and oxygen atoms in total. The molecule has 3 rings (SSSR count). The highest BCUT2D eigenvalue weighted by Gasteiger charge is 2.17. The number of halogens is 2. The van der Waals surface area contributed by atoms with E-state index in [1.54, 1.807) is 48.6 Å². The fourth-order valence-corrected chi connectivity index (χ4v) is 4.04. The Labute approximate surface area is 158 Å². The first-order valence-corrected chi connectivity index (χ1v) is 8.98. The molecule has 128 valence electrons. The molecule has 0 radical (unpaired) electrons. The van der Waals surface area contributed by atoms with Gasteiger partial charge >= 0.3 is 0 Å². The van der Waals surface area contributed by atoms with Crippen molar-refractivity contribution >= 4 is 40.7 Å². The van der Waals surface area contributed by atoms with Gasteiger partial charge in [-0.3, -0.25) is 10.1 Å². The molecule has 2 aromatic carbocycles. The van der Waals surface area contributed by atoms with Gasteiger partial charge in [-0.15, -0.1) is 11.8 Å². The summed E-state index contributed by atoms with van der Waals surface area (Å²) in [4.78, 5) is 15.4. The maximum atomic E-state index is 10.9. The van der Waals surface area contributed by atoms with Crippen LogP contribution in [0.2, 0.25) is 10.0 Å². The smallest absolute Gasteiger partial charge is 0.269 e. The van der Waals surface area contributed by atoms with E-state index in [4.69, 9.17) is 23.2 Å². The Morgan fingerprint density at radius 3 is 2.56 bits per heavy atom. The van der Waals surface area contributed by atoms with Crippen molar-refractivity contribution in [3.8, 4) is 0 Å². The van der Waals surface area contributed by atoms with Crippen LogP contribution in [0, 0.1) is 10.1 Å². The summed E-state index contributed by atoms with van der Waals surface area (Å²) < 4.78 is 1.96. The second kappa shape index (κ2) is 7.91. The van der Waals surface area contributed by atoms with E-state index in [-0.39, 0.29) is 10.9 Å². The minimum Gasteiger partial charge on any atom is -0.336 e. The monoisotopic (exact) mass is 393 g/mol. The van der Waals surface area contributed by atoms with Gasteiger partial charge in [0.25, 0.3) is 5.69 Å². The van der Waals surface area contributed by atoms with Gasteiger partial charge in [0.05, 0.1) is 21.5 Å². The van der Waals surface area contributed by atoms with E-state index in [2.05, 4.69) is 4.98 Å². The van der Waals surface area contributed by atoms with E-state index in [1.165, 1.54) is 12.1 Å². The van der Waals surface area contributed by atoms with Crippen LogP contribution in [0.3, 0.4) is 0 Å². The number of non-ortho nitro benzene ring substituents is 1. The Morgan fingerprint density at radius 2 is 1.96 bits per heavy atom. The predicted octanol–water partition coefficient (Wildman–Crippen LogP) is 5.63. The van der Waals surface area contributed by atoms with Crippen LogP contribution >= 0.6 is 35.0 Å². The molecule has 0 aliphatic carbocycles. The maximum Gasteiger partial charge on any atom is 0.269 e. The van der Waals surface area contributed by atoms with E-state index in [9.17, 15) is 10.1 Å². The second-order valence-corrected chi connectivity index (χ2v) is 7.38. The zero-order chi connectivity index (χ0) is 17.8. The molecular weight excluding hydrogens is 381 g/mol. The van der Waals surface area contributed by atoms with Crippen LogP contribution in [-0.4, -0.2) is 14.5 Å². The molecule has 1 aromatic heterocycles. The van der Waals surface area contributed by atoms with E-state index < -0.39 is 4.92 Å². The molecule has 0 bridgehead atoms. The molecule has 0 spiro atoms. The molecular formula is C17H13Cl2N3O2S. The fraction of sp³-hybridized carbons (Fsp3) is 0.118. The molecule has 0 saturated carbocycles. The van der Waals surface area contributed by atoms with Gasteiger partial charge in [-0.05, 0) is 23.8 Å². The third kappa shape index (κ3) is 4.54. The highest BCUT2D eigenvalue weighted by molar-refractivity contribution is 7.99. The Bertz CT molecular complexity index is 870. The van der Waals surface area contributed by atoms with Crippen molar-refractivity contribution in [1.29, 1.82) is 0 Å². The van der Waals surface area contributed by atoms with Crippen LogP contribution in [-0.2, 0) is 6.54 Å². The molecule has 1 unspecified atom stereocenters. The van der Waals surface area contributed by atoms with Crippen molar-refractivity contribution in [2.75, 3.05) is 0 Å². The van der Waals surface area contributed by atoms with E-state index in [0.717, 1.165) is 10.5 Å². The van der Waals surface area contributed by atoms with Gasteiger partial charge in [0.15, 0.2) is 0 Å². The number of aromatic nitrogens is 2. The first kappa shape index (κ1) is 17.8. The largest absolute Gasteiger partial charge is 0.336 e. The van der Waals surface area contributed by atoms with Crippen molar-refractivity contribution in [2.24, 2.45) is 0 Å². The minimum atomic E-state index is -0.405. The Kier molecular flexibility index (Phi) is 5.63. The summed E-state index contributed by atoms with van der Waals surface area (Å²) in [6.45, 7) is 0.654. The molecule has 0 aliphatic rings. The van der Waals surface area contributed by atoms with Crippen molar-refractivity contribution < 1.29 is 4.92 Å². The van der Waals surface area contributed by atoms with Gasteiger partial charge in [-0.25, -0.2) is 4.98 Å². The van der Waals surface area contributed by atoms with Crippen molar-refractivity contribution in [1.82, 2.24) is 9.55 Å². The van der Waals surface area contributed by atoms with Crippen LogP contribution in [0.15, 0.2) is 66.1 Å². The quantitative estimate of drug-likeness (QED) is 0.309. The topological polar surface area (TPSA) is 61.0 Å². The zero-order valence-corrected chi connectivity index (χ0v) is 15.2. The molecule has 0 fully saturated rings. The van der Waals surface area contributed by atoms with Crippen LogP contribution in [0.5, 0.6) is 0 Å². The SMILES string of the molecule is O=[N+]([O-])c1ccc(C(Cn2ccnc2)Sc2ccc(Cl)cc2Cl)cc1. The average molecular weight is 394 g/mol. The second-order valence-electron chi connectivity index (χ2n) is 5.29. The summed E-state index contributed by atoms with van der Waals surface area (Å²) in [5.74, 6) is 0. The predicted molar refractivity (Wildman–Crippen MR) is 100 cm³/mol. The lowest BCUT2D eigenvalue weighted by atomic mass is 10.1. The number of benzene rings is 2. The Hall–Kier alpha value is -2.02. The molecule has 0 aliphatic heterocycles. The molecule has 0 N–H and O–H groups in total. The minimum absolute atomic E-state index is 0.00804. The van der Waals surface area contributed by atoms with Gasteiger partial charge in [0, 0.05) is 41.0 Å². The van der Waals surface area contributed by atoms with Crippen molar-refractivity contribution in [3.05, 3.63) is 86.9 Å². The van der Waals surface area contributed by atoms with Crippen molar-refractivity contribution in [3.63, 3.8) is 0 Å². The number of rotatable bonds is 6. The van der Waals surface area contributed by atoms with Crippen molar-refractivity contribution in [2.45, 2.75) is 16.7 Å². The van der Waals surface area contributed by atoms with Gasteiger partial charge < -0.3 is 4.57 Å². The summed E-state index contributed by atoms with van der Waals surface area (Å²) in [5, 5.41) is 12.0. The summed E-state index contributed by atoms with van der Waals surface area (Å²) >= 11 is 13.8. The standard InChI is InChI=1S/C17H13Cl2N3O2S/c18-13-3-6-16(15(19)9-13)25-17(10-21-8-7-20-11-21)12-1-4-14(5-2-12)22(23)24/h1-9,11,17H,10H2. The number of thioether (sulfide) groups is 1. The van der Waals surface area contributed by atoms with Gasteiger partial charge in [0.1, 0.15) is 0 Å². The van der Waals surface area contributed by atoms with Gasteiger partial charge in [-0.1, -0.05) is 35.3 Å².